The van der Waals surface area contributed by atoms with Crippen LogP contribution in [0, 0.1) is 5.92 Å². The van der Waals surface area contributed by atoms with Crippen LogP contribution in [-0.4, -0.2) is 64.2 Å². The lowest BCUT2D eigenvalue weighted by atomic mass is 9.73. The van der Waals surface area contributed by atoms with Crippen LogP contribution in [0.3, 0.4) is 0 Å². The maximum atomic E-state index is 12.8. The van der Waals surface area contributed by atoms with Gasteiger partial charge in [-0.25, -0.2) is 4.79 Å². The van der Waals surface area contributed by atoms with Crippen LogP contribution < -0.4 is 5.32 Å². The second-order valence-corrected chi connectivity index (χ2v) is 9.34. The molecule has 2 aromatic rings. The molecule has 0 spiro atoms. The molecule has 0 unspecified atom stereocenters. The standard InChI is InChI=1S/C24H34N4O2/c1-3-27(4-2)24(30)25-16-10-18-17-6-5-7-20-23(17)19(21(14-29)26-20)11-22(18)28(13-16)12-15-8-9-15/h5-7,15-16,18,22,26,29H,3-4,8-14H2,1-2H3,(H,25,30)/t16-,18+,22+/m0/s1. The van der Waals surface area contributed by atoms with Gasteiger partial charge in [0.25, 0.3) is 0 Å². The Morgan fingerprint density at radius 2 is 2.10 bits per heavy atom. The highest BCUT2D eigenvalue weighted by Crippen LogP contribution is 2.45. The smallest absolute Gasteiger partial charge is 0.317 e. The number of nitrogens with zero attached hydrogens (tertiary/aromatic N) is 2. The lowest BCUT2D eigenvalue weighted by Crippen LogP contribution is -2.58. The number of aromatic amines is 1. The molecule has 3 atom stereocenters. The number of piperidine rings is 1. The van der Waals surface area contributed by atoms with E-state index in [1.165, 1.54) is 29.4 Å². The minimum absolute atomic E-state index is 0.0615. The lowest BCUT2D eigenvalue weighted by Gasteiger charge is -2.47. The number of aliphatic hydroxyl groups excluding tert-OH is 1. The van der Waals surface area contributed by atoms with Gasteiger partial charge in [0.2, 0.25) is 0 Å². The maximum absolute atomic E-state index is 12.8. The molecule has 0 radical (unpaired) electrons. The Bertz CT molecular complexity index is 931. The van der Waals surface area contributed by atoms with Crippen molar-refractivity contribution in [3.8, 4) is 0 Å². The summed E-state index contributed by atoms with van der Waals surface area (Å²) in [6.45, 7) is 7.66. The Morgan fingerprint density at radius 1 is 1.30 bits per heavy atom. The Kier molecular flexibility index (Phi) is 5.23. The van der Waals surface area contributed by atoms with Crippen molar-refractivity contribution in [3.05, 3.63) is 35.0 Å². The third-order valence-corrected chi connectivity index (χ3v) is 7.51. The second kappa shape index (κ2) is 7.89. The largest absolute Gasteiger partial charge is 0.390 e. The summed E-state index contributed by atoms with van der Waals surface area (Å²) >= 11 is 0. The molecule has 1 aromatic carbocycles. The fraction of sp³-hybridized carbons (Fsp3) is 0.625. The molecule has 2 heterocycles. The van der Waals surface area contributed by atoms with Gasteiger partial charge in [-0.2, -0.15) is 0 Å². The monoisotopic (exact) mass is 410 g/mol. The van der Waals surface area contributed by atoms with Gasteiger partial charge in [-0.05, 0) is 62.6 Å². The molecule has 2 fully saturated rings. The number of likely N-dealkylation sites (tertiary alicyclic amines) is 1. The van der Waals surface area contributed by atoms with Gasteiger partial charge in [0.1, 0.15) is 0 Å². The van der Waals surface area contributed by atoms with Gasteiger partial charge in [-0.1, -0.05) is 12.1 Å². The number of H-pyrrole nitrogens is 1. The third-order valence-electron chi connectivity index (χ3n) is 7.51. The van der Waals surface area contributed by atoms with Crippen LogP contribution in [0.2, 0.25) is 0 Å². The summed E-state index contributed by atoms with van der Waals surface area (Å²) in [6.07, 6.45) is 4.63. The van der Waals surface area contributed by atoms with E-state index in [1.54, 1.807) is 0 Å². The number of nitrogens with one attached hydrogen (secondary N) is 2. The van der Waals surface area contributed by atoms with E-state index in [2.05, 4.69) is 33.4 Å². The fourth-order valence-electron chi connectivity index (χ4n) is 5.82. The maximum Gasteiger partial charge on any atom is 0.317 e. The summed E-state index contributed by atoms with van der Waals surface area (Å²) in [5.74, 6) is 1.22. The van der Waals surface area contributed by atoms with Crippen molar-refractivity contribution in [1.29, 1.82) is 0 Å². The number of carbonyl (C=O) groups is 1. The van der Waals surface area contributed by atoms with Crippen LogP contribution in [0.25, 0.3) is 10.9 Å². The van der Waals surface area contributed by atoms with Gasteiger partial charge in [0, 0.05) is 60.8 Å². The molecular weight excluding hydrogens is 376 g/mol. The third kappa shape index (κ3) is 3.40. The number of carbonyl (C=O) groups excluding carboxylic acids is 1. The minimum Gasteiger partial charge on any atom is -0.390 e. The SMILES string of the molecule is CCN(CC)C(=O)N[C@H]1C[C@@H]2c3cccc4[nH]c(CO)c(c34)C[C@H]2N(CC2CC2)C1. The zero-order valence-electron chi connectivity index (χ0n) is 18.2. The normalized spacial score (nSPS) is 25.9. The predicted molar refractivity (Wildman–Crippen MR) is 119 cm³/mol. The fourth-order valence-corrected chi connectivity index (χ4v) is 5.82. The van der Waals surface area contributed by atoms with E-state index in [9.17, 15) is 9.90 Å². The highest BCUT2D eigenvalue weighted by molar-refractivity contribution is 5.89. The predicted octanol–water partition coefficient (Wildman–Crippen LogP) is 3.20. The minimum atomic E-state index is 0.0615. The van der Waals surface area contributed by atoms with Crippen molar-refractivity contribution in [2.24, 2.45) is 5.92 Å². The number of amides is 2. The van der Waals surface area contributed by atoms with E-state index in [0.29, 0.717) is 12.0 Å². The number of benzene rings is 1. The molecule has 1 aromatic heterocycles. The quantitative estimate of drug-likeness (QED) is 0.685. The molecule has 3 aliphatic rings. The average molecular weight is 411 g/mol. The molecule has 1 saturated carbocycles. The summed E-state index contributed by atoms with van der Waals surface area (Å²) in [7, 11) is 0. The zero-order valence-corrected chi connectivity index (χ0v) is 18.2. The first-order chi connectivity index (χ1) is 14.6. The van der Waals surface area contributed by atoms with E-state index in [4.69, 9.17) is 0 Å². The highest BCUT2D eigenvalue weighted by Gasteiger charge is 2.43. The molecular formula is C24H34N4O2. The first-order valence-corrected chi connectivity index (χ1v) is 11.7. The van der Waals surface area contributed by atoms with Gasteiger partial charge in [0.15, 0.2) is 0 Å². The summed E-state index contributed by atoms with van der Waals surface area (Å²) in [4.78, 5) is 20.7. The van der Waals surface area contributed by atoms with Gasteiger partial charge in [0.05, 0.1) is 6.61 Å². The van der Waals surface area contributed by atoms with Gasteiger partial charge in [-0.3, -0.25) is 4.90 Å². The van der Waals surface area contributed by atoms with Crippen LogP contribution >= 0.6 is 0 Å². The van der Waals surface area contributed by atoms with Gasteiger partial charge < -0.3 is 20.3 Å². The van der Waals surface area contributed by atoms with Crippen molar-refractivity contribution >= 4 is 16.9 Å². The molecule has 6 heteroatoms. The topological polar surface area (TPSA) is 71.6 Å². The molecule has 5 rings (SSSR count). The average Bonchev–Trinajstić information content (AvgIpc) is 3.49. The zero-order chi connectivity index (χ0) is 20.8. The molecule has 162 valence electrons. The van der Waals surface area contributed by atoms with Crippen molar-refractivity contribution in [2.45, 2.75) is 64.1 Å². The number of aromatic nitrogens is 1. The molecule has 1 saturated heterocycles. The second-order valence-electron chi connectivity index (χ2n) is 9.34. The molecule has 2 aliphatic carbocycles. The first-order valence-electron chi connectivity index (χ1n) is 11.7. The van der Waals surface area contributed by atoms with E-state index in [0.717, 1.165) is 56.1 Å². The summed E-state index contributed by atoms with van der Waals surface area (Å²) in [5.41, 5.74) is 4.79. The number of aliphatic hydroxyl groups is 1. The van der Waals surface area contributed by atoms with Crippen LogP contribution in [-0.2, 0) is 13.0 Å². The Morgan fingerprint density at radius 3 is 2.80 bits per heavy atom. The van der Waals surface area contributed by atoms with Crippen LogP contribution in [0.5, 0.6) is 0 Å². The summed E-state index contributed by atoms with van der Waals surface area (Å²) in [5, 5.41) is 14.6. The van der Waals surface area contributed by atoms with E-state index >= 15 is 0 Å². The summed E-state index contributed by atoms with van der Waals surface area (Å²) in [6, 6.07) is 7.20. The number of fused-ring (bicyclic) bond motifs is 2. The lowest BCUT2D eigenvalue weighted by molar-refractivity contribution is 0.0929. The van der Waals surface area contributed by atoms with Gasteiger partial charge >= 0.3 is 6.03 Å². The highest BCUT2D eigenvalue weighted by atomic mass is 16.3. The van der Waals surface area contributed by atoms with Crippen LogP contribution in [0.4, 0.5) is 4.79 Å². The van der Waals surface area contributed by atoms with Crippen molar-refractivity contribution in [1.82, 2.24) is 20.1 Å². The van der Waals surface area contributed by atoms with Gasteiger partial charge in [-0.15, -0.1) is 0 Å². The van der Waals surface area contributed by atoms with E-state index < -0.39 is 0 Å². The van der Waals surface area contributed by atoms with Crippen LogP contribution in [0.15, 0.2) is 18.2 Å². The van der Waals surface area contributed by atoms with Crippen LogP contribution in [0.1, 0.15) is 55.8 Å². The van der Waals surface area contributed by atoms with Crippen molar-refractivity contribution in [3.63, 3.8) is 0 Å². The van der Waals surface area contributed by atoms with Crippen molar-refractivity contribution in [2.75, 3.05) is 26.2 Å². The Labute approximate surface area is 178 Å². The van der Waals surface area contributed by atoms with E-state index in [1.807, 2.05) is 18.7 Å². The number of rotatable bonds is 6. The Hall–Kier alpha value is -2.05. The van der Waals surface area contributed by atoms with E-state index in [-0.39, 0.29) is 18.7 Å². The molecule has 3 N–H and O–H groups in total. The number of hydrogen-bond donors (Lipinski definition) is 3. The number of hydrogen-bond acceptors (Lipinski definition) is 3. The van der Waals surface area contributed by atoms with Crippen molar-refractivity contribution < 1.29 is 9.90 Å². The number of urea groups is 1. The molecule has 1 aliphatic heterocycles. The summed E-state index contributed by atoms with van der Waals surface area (Å²) < 4.78 is 0. The molecule has 0 bridgehead atoms. The Balaban J connectivity index is 1.48. The molecule has 2 amide bonds. The first kappa shape index (κ1) is 19.9. The molecule has 30 heavy (non-hydrogen) atoms. The molecule has 6 nitrogen and oxygen atoms in total.